The number of piperidine rings is 1. The summed E-state index contributed by atoms with van der Waals surface area (Å²) in [5, 5.41) is 0.723. The Morgan fingerprint density at radius 2 is 1.82 bits per heavy atom. The quantitative estimate of drug-likeness (QED) is 0.233. The van der Waals surface area contributed by atoms with Gasteiger partial charge in [0, 0.05) is 37.7 Å². The van der Waals surface area contributed by atoms with Gasteiger partial charge in [-0.1, -0.05) is 51.8 Å². The topological polar surface area (TPSA) is 88.8 Å². The molecule has 0 radical (unpaired) electrons. The van der Waals surface area contributed by atoms with Gasteiger partial charge in [-0.05, 0) is 44.7 Å². The third-order valence-electron chi connectivity index (χ3n) is 7.56. The molecule has 38 heavy (non-hydrogen) atoms. The Bertz CT molecular complexity index is 1100. The Labute approximate surface area is 230 Å². The van der Waals surface area contributed by atoms with Gasteiger partial charge in [-0.2, -0.15) is 0 Å². The molecule has 1 saturated heterocycles. The Morgan fingerprint density at radius 1 is 1.11 bits per heavy atom. The first kappa shape index (κ1) is 28.5. The maximum Gasteiger partial charge on any atom is 0.309 e. The van der Waals surface area contributed by atoms with Gasteiger partial charge in [0.2, 0.25) is 0 Å². The number of amides is 1. The van der Waals surface area contributed by atoms with Crippen LogP contribution in [0.25, 0.3) is 0 Å². The number of aromatic nitrogens is 2. The molecule has 1 amide bonds. The van der Waals surface area contributed by atoms with Gasteiger partial charge >= 0.3 is 5.97 Å². The molecule has 8 nitrogen and oxygen atoms in total. The van der Waals surface area contributed by atoms with Gasteiger partial charge in [0.25, 0.3) is 5.91 Å². The lowest BCUT2D eigenvalue weighted by Crippen LogP contribution is -2.40. The van der Waals surface area contributed by atoms with E-state index in [0.717, 1.165) is 16.7 Å². The van der Waals surface area contributed by atoms with Crippen molar-refractivity contribution in [2.45, 2.75) is 95.0 Å². The number of carbonyl (C=O) groups excluding carboxylic acids is 2. The van der Waals surface area contributed by atoms with Crippen LogP contribution in [0.5, 0.6) is 0 Å². The van der Waals surface area contributed by atoms with E-state index in [1.165, 1.54) is 43.9 Å². The van der Waals surface area contributed by atoms with Crippen LogP contribution in [0, 0.1) is 5.92 Å². The fourth-order valence-electron chi connectivity index (χ4n) is 5.14. The monoisotopic (exact) mass is 542 g/mol. The normalized spacial score (nSPS) is 17.4. The summed E-state index contributed by atoms with van der Waals surface area (Å²) in [6.07, 6.45) is 7.52. The molecule has 0 unspecified atom stereocenters. The standard InChI is InChI=1S/C29H42N4O4S/c1-6-36-27(35)20-14-16-33(17-15-20)26(34)23-13-12-22(37-23)19-38-28-30-24(29(2,3)4)18-25(31-28)32(5)21-10-8-7-9-11-21/h12-13,18,20-21H,6-11,14-17,19H2,1-5H3. The average Bonchev–Trinajstić information content (AvgIpc) is 3.40. The van der Waals surface area contributed by atoms with Crippen molar-refractivity contribution in [2.24, 2.45) is 5.92 Å². The summed E-state index contributed by atoms with van der Waals surface area (Å²) in [5.74, 6) is 2.13. The van der Waals surface area contributed by atoms with E-state index in [0.29, 0.717) is 55.9 Å². The zero-order chi connectivity index (χ0) is 27.3. The van der Waals surface area contributed by atoms with Crippen LogP contribution < -0.4 is 4.90 Å². The van der Waals surface area contributed by atoms with Crippen molar-refractivity contribution in [3.05, 3.63) is 35.4 Å². The van der Waals surface area contributed by atoms with E-state index >= 15 is 0 Å². The molecule has 0 N–H and O–H groups in total. The number of hydrogen-bond donors (Lipinski definition) is 0. The number of hydrogen-bond acceptors (Lipinski definition) is 8. The zero-order valence-corrected chi connectivity index (χ0v) is 24.3. The molecule has 3 heterocycles. The lowest BCUT2D eigenvalue weighted by molar-refractivity contribution is -0.149. The molecule has 0 atom stereocenters. The van der Waals surface area contributed by atoms with E-state index in [2.05, 4.69) is 38.8 Å². The fraction of sp³-hybridized carbons (Fsp3) is 0.655. The number of esters is 1. The molecule has 2 aliphatic rings. The number of furan rings is 1. The van der Waals surface area contributed by atoms with Crippen molar-refractivity contribution in [1.82, 2.24) is 14.9 Å². The molecular weight excluding hydrogens is 500 g/mol. The van der Waals surface area contributed by atoms with Gasteiger partial charge in [0.05, 0.1) is 24.0 Å². The van der Waals surface area contributed by atoms with Gasteiger partial charge < -0.3 is 19.0 Å². The minimum Gasteiger partial charge on any atom is -0.466 e. The van der Waals surface area contributed by atoms with Crippen molar-refractivity contribution in [3.8, 4) is 0 Å². The highest BCUT2D eigenvalue weighted by atomic mass is 32.2. The van der Waals surface area contributed by atoms with Gasteiger partial charge in [-0.3, -0.25) is 9.59 Å². The van der Waals surface area contributed by atoms with Crippen molar-refractivity contribution >= 4 is 29.5 Å². The third kappa shape index (κ3) is 7.10. The predicted molar refractivity (Wildman–Crippen MR) is 150 cm³/mol. The van der Waals surface area contributed by atoms with Crippen LogP contribution in [-0.4, -0.2) is 59.5 Å². The summed E-state index contributed by atoms with van der Waals surface area (Å²) in [7, 11) is 2.15. The Morgan fingerprint density at radius 3 is 2.47 bits per heavy atom. The van der Waals surface area contributed by atoms with Gasteiger partial charge in [-0.15, -0.1) is 0 Å². The van der Waals surface area contributed by atoms with Crippen molar-refractivity contribution < 1.29 is 18.7 Å². The predicted octanol–water partition coefficient (Wildman–Crippen LogP) is 5.84. The van der Waals surface area contributed by atoms with Crippen LogP contribution >= 0.6 is 11.8 Å². The number of ether oxygens (including phenoxy) is 1. The number of carbonyl (C=O) groups is 2. The fourth-order valence-corrected chi connectivity index (χ4v) is 5.89. The first-order chi connectivity index (χ1) is 18.2. The second kappa shape index (κ2) is 12.5. The van der Waals surface area contributed by atoms with Crippen LogP contribution in [0.3, 0.4) is 0 Å². The molecule has 9 heteroatoms. The lowest BCUT2D eigenvalue weighted by Gasteiger charge is -2.33. The molecule has 208 valence electrons. The minimum atomic E-state index is -0.164. The smallest absolute Gasteiger partial charge is 0.309 e. The highest BCUT2D eigenvalue weighted by Gasteiger charge is 2.30. The zero-order valence-electron chi connectivity index (χ0n) is 23.5. The SMILES string of the molecule is CCOC(=O)C1CCN(C(=O)c2ccc(CSc3nc(N(C)C4CCCCC4)cc(C(C)(C)C)n3)o2)CC1. The second-order valence-corrected chi connectivity index (χ2v) is 12.4. The molecule has 1 aliphatic carbocycles. The van der Waals surface area contributed by atoms with E-state index in [4.69, 9.17) is 19.1 Å². The number of rotatable bonds is 8. The van der Waals surface area contributed by atoms with Crippen LogP contribution in [0.4, 0.5) is 5.82 Å². The molecular formula is C29H42N4O4S. The number of likely N-dealkylation sites (tertiary alicyclic amines) is 1. The van der Waals surface area contributed by atoms with Gasteiger partial charge in [0.15, 0.2) is 10.9 Å². The largest absolute Gasteiger partial charge is 0.466 e. The van der Waals surface area contributed by atoms with Crippen molar-refractivity contribution in [3.63, 3.8) is 0 Å². The second-order valence-electron chi connectivity index (χ2n) is 11.4. The van der Waals surface area contributed by atoms with E-state index in [9.17, 15) is 9.59 Å². The number of thioether (sulfide) groups is 1. The molecule has 0 bridgehead atoms. The lowest BCUT2D eigenvalue weighted by atomic mass is 9.91. The average molecular weight is 543 g/mol. The minimum absolute atomic E-state index is 0.0919. The highest BCUT2D eigenvalue weighted by Crippen LogP contribution is 2.31. The summed E-state index contributed by atoms with van der Waals surface area (Å²) in [5.41, 5.74) is 0.931. The molecule has 2 aromatic heterocycles. The molecule has 0 aromatic carbocycles. The number of nitrogens with zero attached hydrogens (tertiary/aromatic N) is 4. The summed E-state index contributed by atoms with van der Waals surface area (Å²) in [6, 6.07) is 6.25. The van der Waals surface area contributed by atoms with Crippen LogP contribution in [0.2, 0.25) is 0 Å². The molecule has 4 rings (SSSR count). The molecule has 1 saturated carbocycles. The Kier molecular flexibility index (Phi) is 9.39. The van der Waals surface area contributed by atoms with Crippen molar-refractivity contribution in [1.29, 1.82) is 0 Å². The Balaban J connectivity index is 1.39. The summed E-state index contributed by atoms with van der Waals surface area (Å²) >= 11 is 1.53. The van der Waals surface area contributed by atoms with E-state index in [1.807, 2.05) is 13.0 Å². The first-order valence-electron chi connectivity index (χ1n) is 14.0. The number of anilines is 1. The van der Waals surface area contributed by atoms with Crippen LogP contribution in [0.1, 0.15) is 94.6 Å². The van der Waals surface area contributed by atoms with Crippen LogP contribution in [-0.2, 0) is 20.7 Å². The van der Waals surface area contributed by atoms with Crippen LogP contribution in [0.15, 0.2) is 27.8 Å². The van der Waals surface area contributed by atoms with E-state index in [-0.39, 0.29) is 23.2 Å². The molecule has 2 fully saturated rings. The van der Waals surface area contributed by atoms with E-state index < -0.39 is 0 Å². The highest BCUT2D eigenvalue weighted by molar-refractivity contribution is 7.98. The first-order valence-corrected chi connectivity index (χ1v) is 14.9. The molecule has 1 aliphatic heterocycles. The maximum atomic E-state index is 13.0. The Hall–Kier alpha value is -2.55. The maximum absolute atomic E-state index is 13.0. The van der Waals surface area contributed by atoms with E-state index in [1.54, 1.807) is 11.0 Å². The molecule has 2 aromatic rings. The van der Waals surface area contributed by atoms with Gasteiger partial charge in [0.1, 0.15) is 11.6 Å². The molecule has 0 spiro atoms. The van der Waals surface area contributed by atoms with Crippen molar-refractivity contribution in [2.75, 3.05) is 31.6 Å². The van der Waals surface area contributed by atoms with Gasteiger partial charge in [-0.25, -0.2) is 9.97 Å². The summed E-state index contributed by atoms with van der Waals surface area (Å²) < 4.78 is 11.1. The summed E-state index contributed by atoms with van der Waals surface area (Å²) in [6.45, 7) is 9.77. The summed E-state index contributed by atoms with van der Waals surface area (Å²) in [4.78, 5) is 38.9. The third-order valence-corrected chi connectivity index (χ3v) is 8.43.